The lowest BCUT2D eigenvalue weighted by atomic mass is 10.2. The number of hydrogen-bond acceptors (Lipinski definition) is 4. The summed E-state index contributed by atoms with van der Waals surface area (Å²) in [6, 6.07) is 20.2. The molecule has 0 aliphatic heterocycles. The maximum atomic E-state index is 13.4. The Balaban J connectivity index is 1.45. The van der Waals surface area contributed by atoms with Gasteiger partial charge in [-0.05, 0) is 42.0 Å². The Bertz CT molecular complexity index is 1330. The highest BCUT2D eigenvalue weighted by molar-refractivity contribution is 7.98. The summed E-state index contributed by atoms with van der Waals surface area (Å²) < 4.78 is 17.4. The van der Waals surface area contributed by atoms with Crippen LogP contribution in [0.15, 0.2) is 84.3 Å². The molecule has 0 bridgehead atoms. The van der Waals surface area contributed by atoms with Gasteiger partial charge in [0, 0.05) is 23.7 Å². The van der Waals surface area contributed by atoms with Crippen molar-refractivity contribution in [2.45, 2.75) is 17.5 Å². The third-order valence-corrected chi connectivity index (χ3v) is 6.04. The molecule has 0 fully saturated rings. The molecule has 3 heterocycles. The average molecular weight is 450 g/mol. The van der Waals surface area contributed by atoms with Crippen LogP contribution < -0.4 is 0 Å². The van der Waals surface area contributed by atoms with Crippen molar-refractivity contribution in [3.8, 4) is 11.4 Å². The molecular weight excluding hydrogens is 433 g/mol. The molecule has 5 nitrogen and oxygen atoms in total. The van der Waals surface area contributed by atoms with Crippen LogP contribution in [0.1, 0.15) is 11.3 Å². The van der Waals surface area contributed by atoms with E-state index in [9.17, 15) is 4.39 Å². The number of imidazole rings is 1. The highest BCUT2D eigenvalue weighted by Crippen LogP contribution is 2.27. The number of rotatable bonds is 6. The molecule has 0 spiro atoms. The van der Waals surface area contributed by atoms with E-state index in [-0.39, 0.29) is 5.82 Å². The van der Waals surface area contributed by atoms with Crippen LogP contribution in [-0.2, 0) is 12.3 Å². The van der Waals surface area contributed by atoms with Crippen molar-refractivity contribution in [1.82, 2.24) is 24.1 Å². The molecule has 5 rings (SSSR count). The number of pyridine rings is 1. The van der Waals surface area contributed by atoms with Gasteiger partial charge in [-0.15, -0.1) is 10.2 Å². The maximum absolute atomic E-state index is 13.4. The molecular formula is C23H17ClFN5S. The van der Waals surface area contributed by atoms with Gasteiger partial charge in [0.05, 0.1) is 17.3 Å². The molecule has 0 radical (unpaired) electrons. The van der Waals surface area contributed by atoms with E-state index in [1.54, 1.807) is 23.9 Å². The standard InChI is InChI=1S/C23H17ClFN5S/c24-18-8-11-21-26-20(14-29(21)13-18)15-31-23-28-27-22(17-6-9-19(25)10-7-17)30(23)12-16-4-2-1-3-5-16/h1-11,13-14H,12,15H2. The highest BCUT2D eigenvalue weighted by Gasteiger charge is 2.16. The molecule has 0 unspecified atom stereocenters. The van der Waals surface area contributed by atoms with Crippen LogP contribution in [0.3, 0.4) is 0 Å². The molecule has 0 saturated heterocycles. The second-order valence-corrected chi connectivity index (χ2v) is 8.40. The fourth-order valence-corrected chi connectivity index (χ4v) is 4.33. The minimum atomic E-state index is -0.278. The molecule has 0 aliphatic rings. The fourth-order valence-electron chi connectivity index (χ4n) is 3.34. The van der Waals surface area contributed by atoms with Crippen molar-refractivity contribution < 1.29 is 4.39 Å². The van der Waals surface area contributed by atoms with Crippen LogP contribution in [0.4, 0.5) is 4.39 Å². The summed E-state index contributed by atoms with van der Waals surface area (Å²) in [5.74, 6) is 1.06. The predicted octanol–water partition coefficient (Wildman–Crippen LogP) is 5.73. The van der Waals surface area contributed by atoms with Gasteiger partial charge < -0.3 is 4.40 Å². The lowest BCUT2D eigenvalue weighted by Gasteiger charge is -2.10. The van der Waals surface area contributed by atoms with Gasteiger partial charge in [0.1, 0.15) is 11.5 Å². The van der Waals surface area contributed by atoms with E-state index in [0.717, 1.165) is 27.6 Å². The third kappa shape index (κ3) is 4.33. The normalized spacial score (nSPS) is 11.3. The Morgan fingerprint density at radius 3 is 2.52 bits per heavy atom. The van der Waals surface area contributed by atoms with Gasteiger partial charge in [0.25, 0.3) is 0 Å². The van der Waals surface area contributed by atoms with Crippen molar-refractivity contribution in [2.24, 2.45) is 0 Å². The maximum Gasteiger partial charge on any atom is 0.192 e. The monoisotopic (exact) mass is 449 g/mol. The van der Waals surface area contributed by atoms with Crippen molar-refractivity contribution in [1.29, 1.82) is 0 Å². The fraction of sp³-hybridized carbons (Fsp3) is 0.0870. The number of benzene rings is 2. The van der Waals surface area contributed by atoms with Gasteiger partial charge in [0.2, 0.25) is 0 Å². The van der Waals surface area contributed by atoms with Crippen LogP contribution in [0.5, 0.6) is 0 Å². The van der Waals surface area contributed by atoms with E-state index in [0.29, 0.717) is 23.1 Å². The quantitative estimate of drug-likeness (QED) is 0.311. The largest absolute Gasteiger partial charge is 0.305 e. The zero-order valence-electron chi connectivity index (χ0n) is 16.3. The van der Waals surface area contributed by atoms with Gasteiger partial charge in [-0.25, -0.2) is 9.37 Å². The highest BCUT2D eigenvalue weighted by atomic mass is 35.5. The molecule has 5 aromatic rings. The topological polar surface area (TPSA) is 48.0 Å². The van der Waals surface area contributed by atoms with Crippen molar-refractivity contribution >= 4 is 29.0 Å². The molecule has 0 amide bonds. The Morgan fingerprint density at radius 2 is 1.71 bits per heavy atom. The summed E-state index contributed by atoms with van der Waals surface area (Å²) >= 11 is 7.63. The summed E-state index contributed by atoms with van der Waals surface area (Å²) in [5, 5.41) is 10.3. The summed E-state index contributed by atoms with van der Waals surface area (Å²) in [6.07, 6.45) is 3.80. The Morgan fingerprint density at radius 1 is 0.903 bits per heavy atom. The predicted molar refractivity (Wildman–Crippen MR) is 121 cm³/mol. The van der Waals surface area contributed by atoms with E-state index in [1.165, 1.54) is 12.1 Å². The van der Waals surface area contributed by atoms with Gasteiger partial charge in [-0.3, -0.25) is 4.57 Å². The van der Waals surface area contributed by atoms with Gasteiger partial charge in [-0.1, -0.05) is 53.7 Å². The number of aromatic nitrogens is 5. The van der Waals surface area contributed by atoms with Crippen LogP contribution in [0, 0.1) is 5.82 Å². The average Bonchev–Trinajstić information content (AvgIpc) is 3.37. The summed E-state index contributed by atoms with van der Waals surface area (Å²) in [7, 11) is 0. The Labute approximate surface area is 187 Å². The van der Waals surface area contributed by atoms with Crippen LogP contribution in [0.2, 0.25) is 5.02 Å². The van der Waals surface area contributed by atoms with E-state index in [1.807, 2.05) is 47.1 Å². The summed E-state index contributed by atoms with van der Waals surface area (Å²) in [5.41, 5.74) is 3.72. The molecule has 2 aromatic carbocycles. The number of halogens is 2. The number of thioether (sulfide) groups is 1. The second kappa shape index (κ2) is 8.53. The first-order valence-electron chi connectivity index (χ1n) is 9.65. The number of hydrogen-bond donors (Lipinski definition) is 0. The zero-order chi connectivity index (χ0) is 21.2. The Hall–Kier alpha value is -3.16. The molecule has 8 heteroatoms. The molecule has 0 N–H and O–H groups in total. The van der Waals surface area contributed by atoms with Crippen LogP contribution >= 0.6 is 23.4 Å². The molecule has 0 saturated carbocycles. The SMILES string of the molecule is Fc1ccc(-c2nnc(SCc3cn4cc(Cl)ccc4n3)n2Cc2ccccc2)cc1. The molecule has 0 atom stereocenters. The first-order valence-corrected chi connectivity index (χ1v) is 11.0. The summed E-state index contributed by atoms with van der Waals surface area (Å²) in [6.45, 7) is 0.615. The minimum absolute atomic E-state index is 0.278. The van der Waals surface area contributed by atoms with Gasteiger partial charge >= 0.3 is 0 Å². The zero-order valence-corrected chi connectivity index (χ0v) is 17.9. The molecule has 31 heavy (non-hydrogen) atoms. The van der Waals surface area contributed by atoms with Crippen LogP contribution in [0.25, 0.3) is 17.0 Å². The molecule has 0 aliphatic carbocycles. The first-order chi connectivity index (χ1) is 15.2. The van der Waals surface area contributed by atoms with E-state index in [2.05, 4.69) is 31.9 Å². The molecule has 154 valence electrons. The minimum Gasteiger partial charge on any atom is -0.305 e. The number of fused-ring (bicyclic) bond motifs is 1. The summed E-state index contributed by atoms with van der Waals surface area (Å²) in [4.78, 5) is 4.64. The van der Waals surface area contributed by atoms with Crippen molar-refractivity contribution in [3.05, 3.63) is 101 Å². The smallest absolute Gasteiger partial charge is 0.192 e. The number of nitrogens with zero attached hydrogens (tertiary/aromatic N) is 5. The van der Waals surface area contributed by atoms with E-state index in [4.69, 9.17) is 11.6 Å². The lowest BCUT2D eigenvalue weighted by Crippen LogP contribution is -2.04. The third-order valence-electron chi connectivity index (χ3n) is 4.82. The van der Waals surface area contributed by atoms with Crippen LogP contribution in [-0.4, -0.2) is 24.1 Å². The van der Waals surface area contributed by atoms with Gasteiger partial charge in [0.15, 0.2) is 11.0 Å². The molecule has 3 aromatic heterocycles. The van der Waals surface area contributed by atoms with E-state index >= 15 is 0 Å². The van der Waals surface area contributed by atoms with Crippen molar-refractivity contribution in [3.63, 3.8) is 0 Å². The van der Waals surface area contributed by atoms with Gasteiger partial charge in [-0.2, -0.15) is 0 Å². The first kappa shape index (κ1) is 19.8. The van der Waals surface area contributed by atoms with Crippen molar-refractivity contribution in [2.75, 3.05) is 0 Å². The second-order valence-electron chi connectivity index (χ2n) is 7.02. The van der Waals surface area contributed by atoms with E-state index < -0.39 is 0 Å². The Kier molecular flexibility index (Phi) is 5.44. The lowest BCUT2D eigenvalue weighted by molar-refractivity contribution is 0.628.